The number of nitriles is 1. The number of rotatable bonds is 7. The molecule has 1 saturated heterocycles. The van der Waals surface area contributed by atoms with Crippen LogP contribution in [-0.4, -0.2) is 29.0 Å². The van der Waals surface area contributed by atoms with E-state index in [0.717, 1.165) is 16.8 Å². The summed E-state index contributed by atoms with van der Waals surface area (Å²) in [6.07, 6.45) is 0.656. The molecule has 3 aromatic carbocycles. The molecule has 0 aliphatic carbocycles. The standard InChI is InChI=1S/C29H26ClF2N5O/c1-29(2,32)26(20-11-21(13-23(31)12-20)27-35-36-28(34)38-27)22-15-37(16-22)25-10-18(6-7-24(25)30)8-17-4-3-5-19(9-17)14-33/h3-7,9-13,22,26H,8,15-16H2,1-2H3,(H2,34,36)/t26-/m1/s1. The highest BCUT2D eigenvalue weighted by atomic mass is 35.5. The monoisotopic (exact) mass is 533 g/mol. The Kier molecular flexibility index (Phi) is 6.80. The molecule has 1 atom stereocenters. The van der Waals surface area contributed by atoms with Crippen molar-refractivity contribution in [1.82, 2.24) is 10.2 Å². The predicted molar refractivity (Wildman–Crippen MR) is 143 cm³/mol. The van der Waals surface area contributed by atoms with Gasteiger partial charge in [0.25, 0.3) is 0 Å². The highest BCUT2D eigenvalue weighted by Crippen LogP contribution is 2.45. The third kappa shape index (κ3) is 5.34. The van der Waals surface area contributed by atoms with Crippen LogP contribution in [0.5, 0.6) is 0 Å². The van der Waals surface area contributed by atoms with Gasteiger partial charge in [-0.2, -0.15) is 5.26 Å². The van der Waals surface area contributed by atoms with Crippen LogP contribution in [0.4, 0.5) is 20.5 Å². The Morgan fingerprint density at radius 1 is 1.13 bits per heavy atom. The van der Waals surface area contributed by atoms with Crippen LogP contribution in [0.15, 0.2) is 65.1 Å². The van der Waals surface area contributed by atoms with Crippen molar-refractivity contribution in [3.05, 3.63) is 93.8 Å². The van der Waals surface area contributed by atoms with Crippen LogP contribution in [0, 0.1) is 23.1 Å². The third-order valence-corrected chi connectivity index (χ3v) is 7.22. The van der Waals surface area contributed by atoms with Gasteiger partial charge in [-0.3, -0.25) is 0 Å². The number of benzene rings is 3. The number of nitrogens with two attached hydrogens (primary N) is 1. The van der Waals surface area contributed by atoms with Crippen molar-refractivity contribution in [2.24, 2.45) is 5.92 Å². The lowest BCUT2D eigenvalue weighted by atomic mass is 9.72. The van der Waals surface area contributed by atoms with E-state index < -0.39 is 17.4 Å². The molecule has 5 rings (SSSR count). The molecule has 2 heterocycles. The Hall–Kier alpha value is -3.96. The van der Waals surface area contributed by atoms with Gasteiger partial charge in [0.2, 0.25) is 5.89 Å². The first-order valence-electron chi connectivity index (χ1n) is 12.2. The lowest BCUT2D eigenvalue weighted by Crippen LogP contribution is -2.52. The molecule has 0 bridgehead atoms. The number of hydrogen-bond acceptors (Lipinski definition) is 6. The molecule has 194 valence electrons. The molecule has 1 fully saturated rings. The number of anilines is 2. The van der Waals surface area contributed by atoms with Crippen molar-refractivity contribution in [2.75, 3.05) is 23.7 Å². The average Bonchev–Trinajstić information content (AvgIpc) is 3.28. The molecule has 1 aromatic heterocycles. The fraction of sp³-hybridized carbons (Fsp3) is 0.276. The van der Waals surface area contributed by atoms with Crippen molar-refractivity contribution in [3.8, 4) is 17.5 Å². The lowest BCUT2D eigenvalue weighted by molar-refractivity contribution is 0.118. The topological polar surface area (TPSA) is 92.0 Å². The van der Waals surface area contributed by atoms with E-state index >= 15 is 4.39 Å². The second-order valence-corrected chi connectivity index (χ2v) is 10.6. The van der Waals surface area contributed by atoms with Gasteiger partial charge in [-0.15, -0.1) is 5.10 Å². The van der Waals surface area contributed by atoms with Gasteiger partial charge in [0.1, 0.15) is 11.5 Å². The second kappa shape index (κ2) is 10.1. The molecule has 2 N–H and O–H groups in total. The van der Waals surface area contributed by atoms with E-state index in [2.05, 4.69) is 21.2 Å². The fourth-order valence-corrected chi connectivity index (χ4v) is 5.55. The summed E-state index contributed by atoms with van der Waals surface area (Å²) in [7, 11) is 0. The van der Waals surface area contributed by atoms with Crippen LogP contribution in [0.1, 0.15) is 42.0 Å². The Labute approximate surface area is 224 Å². The minimum absolute atomic E-state index is 0.0792. The molecule has 0 radical (unpaired) electrons. The molecule has 0 spiro atoms. The van der Waals surface area contributed by atoms with Gasteiger partial charge in [0, 0.05) is 30.5 Å². The fourth-order valence-electron chi connectivity index (χ4n) is 5.31. The van der Waals surface area contributed by atoms with Crippen molar-refractivity contribution in [2.45, 2.75) is 31.9 Å². The molecule has 6 nitrogen and oxygen atoms in total. The van der Waals surface area contributed by atoms with Crippen LogP contribution in [0.3, 0.4) is 0 Å². The van der Waals surface area contributed by atoms with E-state index in [0.29, 0.717) is 41.2 Å². The Bertz CT molecular complexity index is 1520. The highest BCUT2D eigenvalue weighted by Gasteiger charge is 2.43. The van der Waals surface area contributed by atoms with Gasteiger partial charge in [0.15, 0.2) is 0 Å². The minimum Gasteiger partial charge on any atom is -0.404 e. The zero-order chi connectivity index (χ0) is 27.0. The van der Waals surface area contributed by atoms with Gasteiger partial charge in [-0.1, -0.05) is 34.9 Å². The Morgan fingerprint density at radius 3 is 2.58 bits per heavy atom. The average molecular weight is 534 g/mol. The van der Waals surface area contributed by atoms with Crippen molar-refractivity contribution >= 4 is 23.3 Å². The molecule has 0 amide bonds. The summed E-state index contributed by atoms with van der Waals surface area (Å²) >= 11 is 6.56. The lowest BCUT2D eigenvalue weighted by Gasteiger charge is -2.48. The maximum absolute atomic E-state index is 15.6. The van der Waals surface area contributed by atoms with Gasteiger partial charge >= 0.3 is 6.01 Å². The number of halogens is 3. The number of aromatic nitrogens is 2. The summed E-state index contributed by atoms with van der Waals surface area (Å²) in [4.78, 5) is 2.11. The molecule has 0 unspecified atom stereocenters. The van der Waals surface area contributed by atoms with Crippen molar-refractivity contribution < 1.29 is 13.2 Å². The van der Waals surface area contributed by atoms with E-state index in [4.69, 9.17) is 21.8 Å². The predicted octanol–water partition coefficient (Wildman–Crippen LogP) is 6.54. The summed E-state index contributed by atoms with van der Waals surface area (Å²) < 4.78 is 35.5. The number of nitrogens with zero attached hydrogens (tertiary/aromatic N) is 4. The van der Waals surface area contributed by atoms with Crippen LogP contribution < -0.4 is 10.6 Å². The van der Waals surface area contributed by atoms with E-state index in [1.54, 1.807) is 12.1 Å². The first-order valence-corrected chi connectivity index (χ1v) is 12.6. The van der Waals surface area contributed by atoms with Gasteiger partial charge in [0.05, 0.1) is 22.3 Å². The molecule has 9 heteroatoms. The zero-order valence-electron chi connectivity index (χ0n) is 21.0. The molecule has 38 heavy (non-hydrogen) atoms. The van der Waals surface area contributed by atoms with Crippen LogP contribution in [-0.2, 0) is 6.42 Å². The minimum atomic E-state index is -1.62. The molecule has 1 aliphatic rings. The van der Waals surface area contributed by atoms with Gasteiger partial charge < -0.3 is 15.1 Å². The number of nitrogen functional groups attached to an aromatic ring is 1. The van der Waals surface area contributed by atoms with Crippen LogP contribution in [0.25, 0.3) is 11.5 Å². The van der Waals surface area contributed by atoms with E-state index in [1.165, 1.54) is 26.0 Å². The zero-order valence-corrected chi connectivity index (χ0v) is 21.7. The normalized spacial score (nSPS) is 14.7. The number of hydrogen-bond donors (Lipinski definition) is 1. The van der Waals surface area contributed by atoms with Gasteiger partial charge in [-0.25, -0.2) is 8.78 Å². The Morgan fingerprint density at radius 2 is 1.89 bits per heavy atom. The number of alkyl halides is 1. The maximum Gasteiger partial charge on any atom is 0.313 e. The largest absolute Gasteiger partial charge is 0.404 e. The first kappa shape index (κ1) is 25.7. The molecule has 4 aromatic rings. The van der Waals surface area contributed by atoms with E-state index in [1.807, 2.05) is 36.4 Å². The van der Waals surface area contributed by atoms with E-state index in [-0.39, 0.29) is 17.8 Å². The summed E-state index contributed by atoms with van der Waals surface area (Å²) in [5.41, 5.74) is 8.35. The molecule has 1 aliphatic heterocycles. The summed E-state index contributed by atoms with van der Waals surface area (Å²) in [5, 5.41) is 17.3. The van der Waals surface area contributed by atoms with Crippen molar-refractivity contribution in [1.29, 1.82) is 5.26 Å². The SMILES string of the molecule is CC(C)(F)[C@H](c1cc(F)cc(-c2nnc(N)o2)c1)C1CN(c2cc(Cc3cccc(C#N)c3)ccc2Cl)C1. The summed E-state index contributed by atoms with van der Waals surface area (Å²) in [6.45, 7) is 4.14. The van der Waals surface area contributed by atoms with Gasteiger partial charge in [-0.05, 0) is 79.4 Å². The van der Waals surface area contributed by atoms with Crippen LogP contribution >= 0.6 is 11.6 Å². The Balaban J connectivity index is 1.37. The maximum atomic E-state index is 15.6. The summed E-state index contributed by atoms with van der Waals surface area (Å²) in [6, 6.07) is 19.7. The molecular formula is C29H26ClF2N5O. The van der Waals surface area contributed by atoms with Crippen molar-refractivity contribution in [3.63, 3.8) is 0 Å². The first-order chi connectivity index (χ1) is 18.1. The van der Waals surface area contributed by atoms with E-state index in [9.17, 15) is 9.65 Å². The highest BCUT2D eigenvalue weighted by molar-refractivity contribution is 6.33. The third-order valence-electron chi connectivity index (χ3n) is 6.90. The smallest absolute Gasteiger partial charge is 0.313 e. The quantitative estimate of drug-likeness (QED) is 0.290. The molecule has 0 saturated carbocycles. The molecular weight excluding hydrogens is 508 g/mol. The summed E-state index contributed by atoms with van der Waals surface area (Å²) in [5.74, 6) is -1.10. The second-order valence-electron chi connectivity index (χ2n) is 10.2. The van der Waals surface area contributed by atoms with Crippen LogP contribution in [0.2, 0.25) is 5.02 Å².